The molecule has 2 aromatic rings. The standard InChI is InChI=1S/C17H20N2OS/c1-13-6-8-14(9-7-13)18-17(20)12-19-10-2-4-15(19)16-5-3-11-21-16/h3,5-9,11,15H,2,4,10,12H2,1H3,(H,18,20)/p+1/t15-/m1/s1. The van der Waals surface area contributed by atoms with Gasteiger partial charge in [-0.15, -0.1) is 11.3 Å². The first-order valence-corrected chi connectivity index (χ1v) is 8.35. The molecule has 1 aromatic heterocycles. The fourth-order valence-electron chi connectivity index (χ4n) is 3.00. The predicted octanol–water partition coefficient (Wildman–Crippen LogP) is 2.42. The Balaban J connectivity index is 1.60. The highest BCUT2D eigenvalue weighted by Crippen LogP contribution is 2.23. The van der Waals surface area contributed by atoms with Crippen LogP contribution in [-0.2, 0) is 4.79 Å². The van der Waals surface area contributed by atoms with Crippen molar-refractivity contribution < 1.29 is 9.69 Å². The Bertz CT molecular complexity index is 592. The molecule has 4 heteroatoms. The molecule has 3 rings (SSSR count). The van der Waals surface area contributed by atoms with Gasteiger partial charge in [0.15, 0.2) is 6.54 Å². The van der Waals surface area contributed by atoms with E-state index in [0.717, 1.165) is 12.2 Å². The van der Waals surface area contributed by atoms with Crippen LogP contribution >= 0.6 is 11.3 Å². The Hall–Kier alpha value is -1.65. The van der Waals surface area contributed by atoms with Crippen molar-refractivity contribution in [3.8, 4) is 0 Å². The summed E-state index contributed by atoms with van der Waals surface area (Å²) in [6.45, 7) is 3.69. The number of nitrogens with one attached hydrogen (secondary N) is 2. The van der Waals surface area contributed by atoms with E-state index >= 15 is 0 Å². The molecule has 0 saturated carbocycles. The Labute approximate surface area is 129 Å². The van der Waals surface area contributed by atoms with E-state index in [1.54, 1.807) is 11.3 Å². The lowest BCUT2D eigenvalue weighted by molar-refractivity contribution is -0.910. The SMILES string of the molecule is Cc1ccc(NC(=O)C[NH+]2CCC[C@@H]2c2cccs2)cc1. The maximum atomic E-state index is 12.2. The number of thiophene rings is 1. The fraction of sp³-hybridized carbons (Fsp3) is 0.353. The first-order valence-electron chi connectivity index (χ1n) is 7.47. The smallest absolute Gasteiger partial charge is 0.279 e. The second-order valence-electron chi connectivity index (χ2n) is 5.71. The number of aryl methyl sites for hydroxylation is 1. The number of quaternary nitrogens is 1. The van der Waals surface area contributed by atoms with E-state index in [1.165, 1.54) is 28.2 Å². The molecule has 0 spiro atoms. The molecule has 1 aliphatic heterocycles. The van der Waals surface area contributed by atoms with Gasteiger partial charge < -0.3 is 10.2 Å². The largest absolute Gasteiger partial charge is 0.321 e. The van der Waals surface area contributed by atoms with Crippen LogP contribution in [0.25, 0.3) is 0 Å². The normalized spacial score (nSPS) is 21.4. The van der Waals surface area contributed by atoms with Gasteiger partial charge in [-0.2, -0.15) is 0 Å². The van der Waals surface area contributed by atoms with E-state index in [0.29, 0.717) is 12.6 Å². The third kappa shape index (κ3) is 3.52. The number of carbonyl (C=O) groups is 1. The average molecular weight is 301 g/mol. The van der Waals surface area contributed by atoms with Crippen LogP contribution in [0.1, 0.15) is 29.3 Å². The molecule has 2 heterocycles. The molecule has 3 nitrogen and oxygen atoms in total. The minimum absolute atomic E-state index is 0.109. The molecular weight excluding hydrogens is 280 g/mol. The molecule has 2 atom stereocenters. The summed E-state index contributed by atoms with van der Waals surface area (Å²) in [5.74, 6) is 0.109. The van der Waals surface area contributed by atoms with Crippen molar-refractivity contribution >= 4 is 22.9 Å². The third-order valence-corrected chi connectivity index (χ3v) is 5.08. The summed E-state index contributed by atoms with van der Waals surface area (Å²) in [7, 11) is 0. The average Bonchev–Trinajstić information content (AvgIpc) is 3.11. The Kier molecular flexibility index (Phi) is 4.36. The summed E-state index contributed by atoms with van der Waals surface area (Å²) < 4.78 is 0. The lowest BCUT2D eigenvalue weighted by atomic mass is 10.2. The van der Waals surface area contributed by atoms with Gasteiger partial charge in [-0.3, -0.25) is 4.79 Å². The second kappa shape index (κ2) is 6.41. The number of rotatable bonds is 4. The molecule has 0 bridgehead atoms. The van der Waals surface area contributed by atoms with E-state index in [2.05, 4.69) is 22.8 Å². The van der Waals surface area contributed by atoms with Crippen molar-refractivity contribution in [2.45, 2.75) is 25.8 Å². The number of likely N-dealkylation sites (tertiary alicyclic amines) is 1. The Morgan fingerprint density at radius 1 is 1.33 bits per heavy atom. The van der Waals surface area contributed by atoms with Gasteiger partial charge >= 0.3 is 0 Å². The van der Waals surface area contributed by atoms with Gasteiger partial charge in [0.25, 0.3) is 5.91 Å². The quantitative estimate of drug-likeness (QED) is 0.893. The highest BCUT2D eigenvalue weighted by atomic mass is 32.1. The van der Waals surface area contributed by atoms with Crippen molar-refractivity contribution in [3.63, 3.8) is 0 Å². The lowest BCUT2D eigenvalue weighted by Crippen LogP contribution is -3.11. The predicted molar refractivity (Wildman–Crippen MR) is 86.8 cm³/mol. The van der Waals surface area contributed by atoms with E-state index in [9.17, 15) is 4.79 Å². The maximum Gasteiger partial charge on any atom is 0.279 e. The highest BCUT2D eigenvalue weighted by Gasteiger charge is 2.32. The zero-order valence-electron chi connectivity index (χ0n) is 12.3. The summed E-state index contributed by atoms with van der Waals surface area (Å²) in [5.41, 5.74) is 2.09. The van der Waals surface area contributed by atoms with Gasteiger partial charge in [-0.25, -0.2) is 0 Å². The van der Waals surface area contributed by atoms with Gasteiger partial charge in [0.2, 0.25) is 0 Å². The van der Waals surface area contributed by atoms with Crippen LogP contribution in [0.4, 0.5) is 5.69 Å². The van der Waals surface area contributed by atoms with E-state index in [-0.39, 0.29) is 5.91 Å². The van der Waals surface area contributed by atoms with Crippen LogP contribution in [0.15, 0.2) is 41.8 Å². The molecule has 1 unspecified atom stereocenters. The second-order valence-corrected chi connectivity index (χ2v) is 6.69. The molecule has 21 heavy (non-hydrogen) atoms. The van der Waals surface area contributed by atoms with Gasteiger partial charge in [0, 0.05) is 18.5 Å². The summed E-state index contributed by atoms with van der Waals surface area (Å²) in [4.78, 5) is 15.0. The lowest BCUT2D eigenvalue weighted by Gasteiger charge is -2.20. The zero-order chi connectivity index (χ0) is 14.7. The van der Waals surface area contributed by atoms with Crippen LogP contribution in [0.2, 0.25) is 0 Å². The molecule has 2 N–H and O–H groups in total. The number of amides is 1. The van der Waals surface area contributed by atoms with Gasteiger partial charge in [0.05, 0.1) is 11.4 Å². The summed E-state index contributed by atoms with van der Waals surface area (Å²) in [6, 6.07) is 12.8. The van der Waals surface area contributed by atoms with E-state index < -0.39 is 0 Å². The van der Waals surface area contributed by atoms with Crippen molar-refractivity contribution in [2.24, 2.45) is 0 Å². The van der Waals surface area contributed by atoms with Crippen molar-refractivity contribution in [3.05, 3.63) is 52.2 Å². The molecular formula is C17H21N2OS+. The topological polar surface area (TPSA) is 33.5 Å². The van der Waals surface area contributed by atoms with Crippen LogP contribution in [0, 0.1) is 6.92 Å². The van der Waals surface area contributed by atoms with Gasteiger partial charge in [-0.05, 0) is 30.5 Å². The first-order chi connectivity index (χ1) is 10.2. The highest BCUT2D eigenvalue weighted by molar-refractivity contribution is 7.10. The minimum atomic E-state index is 0.109. The van der Waals surface area contributed by atoms with Crippen LogP contribution in [-0.4, -0.2) is 19.0 Å². The van der Waals surface area contributed by atoms with Crippen LogP contribution < -0.4 is 10.2 Å². The van der Waals surface area contributed by atoms with E-state index in [4.69, 9.17) is 0 Å². The number of hydrogen-bond acceptors (Lipinski definition) is 2. The molecule has 0 radical (unpaired) electrons. The molecule has 1 saturated heterocycles. The minimum Gasteiger partial charge on any atom is -0.321 e. The van der Waals surface area contributed by atoms with Gasteiger partial charge in [-0.1, -0.05) is 23.8 Å². The van der Waals surface area contributed by atoms with Gasteiger partial charge in [0.1, 0.15) is 6.04 Å². The number of benzene rings is 1. The molecule has 1 amide bonds. The monoisotopic (exact) mass is 301 g/mol. The van der Waals surface area contributed by atoms with Crippen LogP contribution in [0.5, 0.6) is 0 Å². The summed E-state index contributed by atoms with van der Waals surface area (Å²) in [6.07, 6.45) is 2.39. The zero-order valence-corrected chi connectivity index (χ0v) is 13.1. The van der Waals surface area contributed by atoms with Crippen molar-refractivity contribution in [2.75, 3.05) is 18.4 Å². The maximum absolute atomic E-state index is 12.2. The molecule has 110 valence electrons. The number of anilines is 1. The molecule has 0 aliphatic carbocycles. The van der Waals surface area contributed by atoms with E-state index in [1.807, 2.05) is 31.2 Å². The van der Waals surface area contributed by atoms with Crippen LogP contribution in [0.3, 0.4) is 0 Å². The number of hydrogen-bond donors (Lipinski definition) is 2. The molecule has 1 fully saturated rings. The van der Waals surface area contributed by atoms with Crippen molar-refractivity contribution in [1.82, 2.24) is 0 Å². The Morgan fingerprint density at radius 3 is 2.86 bits per heavy atom. The molecule has 1 aliphatic rings. The number of carbonyl (C=O) groups excluding carboxylic acids is 1. The Morgan fingerprint density at radius 2 is 2.14 bits per heavy atom. The molecule has 1 aromatic carbocycles. The van der Waals surface area contributed by atoms with Crippen molar-refractivity contribution in [1.29, 1.82) is 0 Å². The summed E-state index contributed by atoms with van der Waals surface area (Å²) in [5, 5.41) is 5.13. The first kappa shape index (κ1) is 14.3. The fourth-order valence-corrected chi connectivity index (χ4v) is 3.92. The summed E-state index contributed by atoms with van der Waals surface area (Å²) >= 11 is 1.80. The third-order valence-electron chi connectivity index (χ3n) is 4.09.